The monoisotopic (exact) mass is 364 g/mol. The second kappa shape index (κ2) is 23.9. The van der Waals surface area contributed by atoms with E-state index in [2.05, 4.69) is 0 Å². The Morgan fingerprint density at radius 2 is 0.500 bits per heavy atom. The molecule has 16 heteroatoms. The molecule has 0 spiro atoms. The summed E-state index contributed by atoms with van der Waals surface area (Å²) in [5, 5.41) is 0. The van der Waals surface area contributed by atoms with Crippen LogP contribution in [0, 0.1) is 0 Å². The molecule has 0 aliphatic heterocycles. The SMILES string of the molecule is O.O.O.O=P([O-])([O-])[O-].O=P([O-])([O-])[O-].[Ca+2].[Ca+2].[Ca+2]. The van der Waals surface area contributed by atoms with Gasteiger partial charge in [-0.05, 0) is 0 Å². The molecule has 88 valence electrons. The third-order valence-electron chi connectivity index (χ3n) is 0. The van der Waals surface area contributed by atoms with Gasteiger partial charge in [-0.2, -0.15) is 15.6 Å². The van der Waals surface area contributed by atoms with Crippen molar-refractivity contribution in [3.05, 3.63) is 0 Å². The van der Waals surface area contributed by atoms with Crippen LogP contribution in [0.25, 0.3) is 0 Å². The van der Waals surface area contributed by atoms with Gasteiger partial charge in [0.15, 0.2) is 0 Å². The van der Waals surface area contributed by atoms with Gasteiger partial charge < -0.3 is 54.9 Å². The first-order valence-corrected chi connectivity index (χ1v) is 4.38. The minimum atomic E-state index is -5.39. The number of rotatable bonds is 0. The Hall–Kier alpha value is 3.88. The molecule has 0 atom stereocenters. The van der Waals surface area contributed by atoms with Crippen molar-refractivity contribution < 1.29 is 54.9 Å². The van der Waals surface area contributed by atoms with Crippen molar-refractivity contribution in [1.82, 2.24) is 0 Å². The molecular weight excluding hydrogens is 358 g/mol. The van der Waals surface area contributed by atoms with Gasteiger partial charge in [-0.1, -0.05) is 0 Å². The molecule has 6 N–H and O–H groups in total. The van der Waals surface area contributed by atoms with Crippen molar-refractivity contribution in [3.63, 3.8) is 0 Å². The summed E-state index contributed by atoms with van der Waals surface area (Å²) in [5.74, 6) is 0. The molecule has 0 rings (SSSR count). The van der Waals surface area contributed by atoms with Crippen LogP contribution in [0.3, 0.4) is 0 Å². The van der Waals surface area contributed by atoms with Crippen molar-refractivity contribution in [2.24, 2.45) is 0 Å². The third-order valence-corrected chi connectivity index (χ3v) is 0. The molecular formula is H6Ca3O11P2. The van der Waals surface area contributed by atoms with Gasteiger partial charge in [-0.15, -0.1) is 0 Å². The van der Waals surface area contributed by atoms with Crippen LogP contribution < -0.4 is 29.4 Å². The van der Waals surface area contributed by atoms with Crippen LogP contribution in [0.5, 0.6) is 0 Å². The van der Waals surface area contributed by atoms with Crippen LogP contribution in [-0.4, -0.2) is 130 Å². The van der Waals surface area contributed by atoms with E-state index in [0.29, 0.717) is 0 Å². The zero-order chi connectivity index (χ0) is 9.00. The Labute approximate surface area is 180 Å². The molecule has 16 heavy (non-hydrogen) atoms. The molecule has 0 radical (unpaired) electrons. The first-order valence-electron chi connectivity index (χ1n) is 1.46. The standard InChI is InChI=1S/3Ca.2H3O4P.3H2O/c;;;2*1-5(2,3)4;;;/h;;;2*(H3,1,2,3,4);3*1H2/q3*+2;;;;;/p-6. The van der Waals surface area contributed by atoms with Crippen LogP contribution in [0.15, 0.2) is 0 Å². The quantitative estimate of drug-likeness (QED) is 0.293. The molecule has 0 aromatic rings. The summed E-state index contributed by atoms with van der Waals surface area (Å²) >= 11 is 0. The maximum absolute atomic E-state index is 8.55. The van der Waals surface area contributed by atoms with Crippen LogP contribution in [0.4, 0.5) is 0 Å². The summed E-state index contributed by atoms with van der Waals surface area (Å²) in [6.45, 7) is 0. The molecule has 0 saturated carbocycles. The summed E-state index contributed by atoms with van der Waals surface area (Å²) in [6.07, 6.45) is 0. The van der Waals surface area contributed by atoms with Gasteiger partial charge in [0.05, 0.1) is 0 Å². The number of hydrogen-bond donors (Lipinski definition) is 0. The predicted octanol–water partition coefficient (Wildman–Crippen LogP) is -9.27. The fourth-order valence-electron chi connectivity index (χ4n) is 0. The molecule has 0 aliphatic rings. The summed E-state index contributed by atoms with van der Waals surface area (Å²) in [5.41, 5.74) is 0. The molecule has 0 heterocycles. The largest absolute Gasteiger partial charge is 2.00 e. The summed E-state index contributed by atoms with van der Waals surface area (Å²) < 4.78 is 17.1. The maximum atomic E-state index is 8.55. The topological polar surface area (TPSA) is 267 Å². The average molecular weight is 364 g/mol. The second-order valence-corrected chi connectivity index (χ2v) is 2.68. The van der Waals surface area contributed by atoms with Gasteiger partial charge in [0.2, 0.25) is 0 Å². The first kappa shape index (κ1) is 50.2. The predicted molar refractivity (Wildman–Crippen MR) is 43.3 cm³/mol. The summed E-state index contributed by atoms with van der Waals surface area (Å²) in [4.78, 5) is 51.3. The molecule has 0 aromatic heterocycles. The van der Waals surface area contributed by atoms with Crippen LogP contribution in [0.1, 0.15) is 0 Å². The minimum Gasteiger partial charge on any atom is -0.822 e. The number of phosphoric acid groups is 2. The van der Waals surface area contributed by atoms with Gasteiger partial charge in [-0.3, -0.25) is 0 Å². The Morgan fingerprint density at radius 1 is 0.500 bits per heavy atom. The Balaban J connectivity index is -0.00000000970. The molecule has 0 saturated heterocycles. The number of hydrogen-bond acceptors (Lipinski definition) is 8. The zero-order valence-electron chi connectivity index (χ0n) is 7.78. The fourth-order valence-corrected chi connectivity index (χ4v) is 0. The van der Waals surface area contributed by atoms with Gasteiger partial charge in [0.25, 0.3) is 0 Å². The molecule has 0 bridgehead atoms. The average Bonchev–Trinajstić information content (AvgIpc) is 1.12. The zero-order valence-corrected chi connectivity index (χ0v) is 16.2. The van der Waals surface area contributed by atoms with E-state index in [1.807, 2.05) is 0 Å². The van der Waals surface area contributed by atoms with Gasteiger partial charge in [0, 0.05) is 0 Å². The van der Waals surface area contributed by atoms with E-state index in [9.17, 15) is 0 Å². The molecule has 0 unspecified atom stereocenters. The van der Waals surface area contributed by atoms with Crippen molar-refractivity contribution in [2.45, 2.75) is 0 Å². The minimum absolute atomic E-state index is 0. The normalized spacial score (nSPS) is 7.38. The summed E-state index contributed by atoms with van der Waals surface area (Å²) in [7, 11) is -10.8. The van der Waals surface area contributed by atoms with Crippen LogP contribution >= 0.6 is 15.6 Å². The van der Waals surface area contributed by atoms with E-state index in [4.69, 9.17) is 38.5 Å². The molecule has 0 aliphatic carbocycles. The van der Waals surface area contributed by atoms with Crippen LogP contribution in [0.2, 0.25) is 0 Å². The van der Waals surface area contributed by atoms with Crippen molar-refractivity contribution in [1.29, 1.82) is 0 Å². The van der Waals surface area contributed by atoms with Crippen LogP contribution in [-0.2, 0) is 9.13 Å². The Kier molecular flexibility index (Phi) is 75.1. The van der Waals surface area contributed by atoms with Crippen molar-refractivity contribution >= 4 is 129 Å². The fraction of sp³-hybridized carbons (Fsp3) is 0. The van der Waals surface area contributed by atoms with E-state index >= 15 is 0 Å². The van der Waals surface area contributed by atoms with Crippen molar-refractivity contribution in [3.8, 4) is 0 Å². The van der Waals surface area contributed by atoms with E-state index in [1.165, 1.54) is 0 Å². The van der Waals surface area contributed by atoms with E-state index in [0.717, 1.165) is 0 Å². The molecule has 0 fully saturated rings. The molecule has 0 amide bonds. The first-order chi connectivity index (χ1) is 4.00. The molecule has 11 nitrogen and oxygen atoms in total. The van der Waals surface area contributed by atoms with Gasteiger partial charge in [-0.25, -0.2) is 0 Å². The smallest absolute Gasteiger partial charge is 0.822 e. The Bertz CT molecular complexity index is 132. The molecule has 0 aromatic carbocycles. The van der Waals surface area contributed by atoms with Gasteiger partial charge >= 0.3 is 113 Å². The second-order valence-electron chi connectivity index (χ2n) is 0.894. The Morgan fingerprint density at radius 3 is 0.500 bits per heavy atom. The maximum Gasteiger partial charge on any atom is 2.00 e. The van der Waals surface area contributed by atoms with E-state index < -0.39 is 15.6 Å². The third kappa shape index (κ3) is 339. The van der Waals surface area contributed by atoms with E-state index in [1.54, 1.807) is 0 Å². The van der Waals surface area contributed by atoms with Gasteiger partial charge in [0.1, 0.15) is 0 Å². The van der Waals surface area contributed by atoms with E-state index in [-0.39, 0.29) is 130 Å². The summed E-state index contributed by atoms with van der Waals surface area (Å²) in [6, 6.07) is 0. The van der Waals surface area contributed by atoms with Crippen molar-refractivity contribution in [2.75, 3.05) is 0 Å².